The molecule has 1 aromatic carbocycles. The molecule has 1 aromatic rings. The van der Waals surface area contributed by atoms with Gasteiger partial charge in [-0.25, -0.2) is 8.42 Å². The molecule has 0 spiro atoms. The number of unbranched alkanes of at least 4 members (excludes halogenated alkanes) is 1. The minimum Gasteiger partial charge on any atom is -0.495 e. The van der Waals surface area contributed by atoms with E-state index in [9.17, 15) is 8.42 Å². The van der Waals surface area contributed by atoms with E-state index in [1.165, 1.54) is 7.11 Å². The number of hydrogen-bond donors (Lipinski definition) is 1. The lowest BCUT2D eigenvalue weighted by atomic mass is 9.88. The number of para-hydroxylation sites is 1. The Kier molecular flexibility index (Phi) is 6.02. The number of rotatable bonds is 8. The third-order valence-electron chi connectivity index (χ3n) is 3.47. The summed E-state index contributed by atoms with van der Waals surface area (Å²) in [6.45, 7) is 4.82. The monoisotopic (exact) mass is 299 g/mol. The summed E-state index contributed by atoms with van der Waals surface area (Å²) >= 11 is 0. The lowest BCUT2D eigenvalue weighted by Gasteiger charge is -2.21. The average molecular weight is 299 g/mol. The zero-order chi connectivity index (χ0) is 15.2. The zero-order valence-electron chi connectivity index (χ0n) is 12.6. The van der Waals surface area contributed by atoms with Gasteiger partial charge in [0.15, 0.2) is 9.84 Å². The third kappa shape index (κ3) is 4.80. The van der Waals surface area contributed by atoms with Gasteiger partial charge in [-0.2, -0.15) is 0 Å². The third-order valence-corrected chi connectivity index (χ3v) is 5.31. The molecule has 5 heteroatoms. The summed E-state index contributed by atoms with van der Waals surface area (Å²) < 4.78 is 29.7. The van der Waals surface area contributed by atoms with Crippen LogP contribution in [0.4, 0.5) is 0 Å². The van der Waals surface area contributed by atoms with Gasteiger partial charge in [0, 0.05) is 0 Å². The lowest BCUT2D eigenvalue weighted by molar-refractivity contribution is 0.335. The van der Waals surface area contributed by atoms with E-state index in [0.29, 0.717) is 18.7 Å². The molecule has 0 amide bonds. The molecule has 0 saturated carbocycles. The van der Waals surface area contributed by atoms with Crippen LogP contribution in [0, 0.1) is 5.41 Å². The fraction of sp³-hybridized carbons (Fsp3) is 0.600. The molecule has 0 atom stereocenters. The van der Waals surface area contributed by atoms with E-state index in [1.807, 2.05) is 0 Å². The molecule has 0 radical (unpaired) electrons. The molecule has 114 valence electrons. The Labute approximate surface area is 122 Å². The van der Waals surface area contributed by atoms with Crippen molar-refractivity contribution in [2.75, 3.05) is 19.4 Å². The Morgan fingerprint density at radius 2 is 1.85 bits per heavy atom. The average Bonchev–Trinajstić information content (AvgIpc) is 2.43. The highest BCUT2D eigenvalue weighted by Gasteiger charge is 2.20. The van der Waals surface area contributed by atoms with Gasteiger partial charge in [-0.1, -0.05) is 32.4 Å². The van der Waals surface area contributed by atoms with Crippen LogP contribution in [0.3, 0.4) is 0 Å². The van der Waals surface area contributed by atoms with E-state index >= 15 is 0 Å². The summed E-state index contributed by atoms with van der Waals surface area (Å²) in [5.41, 5.74) is 5.75. The van der Waals surface area contributed by atoms with Gasteiger partial charge in [0.2, 0.25) is 0 Å². The van der Waals surface area contributed by atoms with E-state index in [1.54, 1.807) is 24.3 Å². The molecule has 0 heterocycles. The Morgan fingerprint density at radius 1 is 1.20 bits per heavy atom. The molecule has 2 N–H and O–H groups in total. The number of hydrogen-bond acceptors (Lipinski definition) is 4. The fourth-order valence-corrected chi connectivity index (χ4v) is 3.53. The smallest absolute Gasteiger partial charge is 0.182 e. The molecule has 20 heavy (non-hydrogen) atoms. The Balaban J connectivity index is 2.63. The molecule has 0 aliphatic heterocycles. The number of sulfone groups is 1. The number of methoxy groups -OCH3 is 1. The SMILES string of the molecule is COc1ccccc1S(=O)(=O)CCCCC(C)(C)CN. The highest BCUT2D eigenvalue weighted by Crippen LogP contribution is 2.26. The number of benzene rings is 1. The lowest BCUT2D eigenvalue weighted by Crippen LogP contribution is -2.23. The summed E-state index contributed by atoms with van der Waals surface area (Å²) in [7, 11) is -1.80. The predicted molar refractivity (Wildman–Crippen MR) is 81.7 cm³/mol. The van der Waals surface area contributed by atoms with Crippen molar-refractivity contribution >= 4 is 9.84 Å². The van der Waals surface area contributed by atoms with Gasteiger partial charge in [0.05, 0.1) is 12.9 Å². The first-order valence-corrected chi connectivity index (χ1v) is 8.53. The standard InChI is InChI=1S/C15H25NO3S/c1-15(2,12-16)10-6-7-11-20(17,18)14-9-5-4-8-13(14)19-3/h4-5,8-9H,6-7,10-12,16H2,1-3H3. The summed E-state index contributed by atoms with van der Waals surface area (Å²) in [4.78, 5) is 0.278. The molecule has 0 aliphatic rings. The zero-order valence-corrected chi connectivity index (χ0v) is 13.4. The van der Waals surface area contributed by atoms with Crippen molar-refractivity contribution in [2.45, 2.75) is 38.0 Å². The van der Waals surface area contributed by atoms with Crippen molar-refractivity contribution in [2.24, 2.45) is 11.1 Å². The molecule has 0 bridgehead atoms. The molecular formula is C15H25NO3S. The topological polar surface area (TPSA) is 69.4 Å². The van der Waals surface area contributed by atoms with Crippen LogP contribution >= 0.6 is 0 Å². The fourth-order valence-electron chi connectivity index (χ4n) is 1.98. The molecule has 0 unspecified atom stereocenters. The van der Waals surface area contributed by atoms with Gasteiger partial charge in [0.1, 0.15) is 10.6 Å². The highest BCUT2D eigenvalue weighted by molar-refractivity contribution is 7.91. The molecule has 1 rings (SSSR count). The highest BCUT2D eigenvalue weighted by atomic mass is 32.2. The Hall–Kier alpha value is -1.07. The van der Waals surface area contributed by atoms with Crippen molar-refractivity contribution in [1.82, 2.24) is 0 Å². The maximum atomic E-state index is 12.3. The van der Waals surface area contributed by atoms with E-state index in [0.717, 1.165) is 12.8 Å². The van der Waals surface area contributed by atoms with Crippen LogP contribution in [0.15, 0.2) is 29.2 Å². The van der Waals surface area contributed by atoms with Crippen molar-refractivity contribution in [3.05, 3.63) is 24.3 Å². The van der Waals surface area contributed by atoms with Crippen LogP contribution in [0.2, 0.25) is 0 Å². The van der Waals surface area contributed by atoms with Gasteiger partial charge < -0.3 is 10.5 Å². The van der Waals surface area contributed by atoms with Gasteiger partial charge in [0.25, 0.3) is 0 Å². The van der Waals surface area contributed by atoms with Crippen LogP contribution in [-0.2, 0) is 9.84 Å². The maximum Gasteiger partial charge on any atom is 0.182 e. The van der Waals surface area contributed by atoms with Gasteiger partial charge in [-0.3, -0.25) is 0 Å². The number of nitrogens with two attached hydrogens (primary N) is 1. The van der Waals surface area contributed by atoms with Crippen LogP contribution in [0.25, 0.3) is 0 Å². The normalized spacial score (nSPS) is 12.4. The van der Waals surface area contributed by atoms with Gasteiger partial charge in [-0.05, 0) is 36.9 Å². The Bertz CT molecular complexity index is 524. The second-order valence-electron chi connectivity index (χ2n) is 5.80. The first-order valence-electron chi connectivity index (χ1n) is 6.88. The molecule has 4 nitrogen and oxygen atoms in total. The minimum atomic E-state index is -3.28. The first-order chi connectivity index (χ1) is 9.32. The molecular weight excluding hydrogens is 274 g/mol. The second-order valence-corrected chi connectivity index (χ2v) is 7.87. The quantitative estimate of drug-likeness (QED) is 0.749. The summed E-state index contributed by atoms with van der Waals surface area (Å²) in [5, 5.41) is 0. The molecule has 0 fully saturated rings. The maximum absolute atomic E-state index is 12.3. The largest absolute Gasteiger partial charge is 0.495 e. The van der Waals surface area contributed by atoms with Crippen molar-refractivity contribution in [3.63, 3.8) is 0 Å². The number of ether oxygens (including phenoxy) is 1. The van der Waals surface area contributed by atoms with Crippen LogP contribution in [-0.4, -0.2) is 27.8 Å². The summed E-state index contributed by atoms with van der Waals surface area (Å²) in [5.74, 6) is 0.559. The molecule has 0 aromatic heterocycles. The second kappa shape index (κ2) is 7.09. The van der Waals surface area contributed by atoms with Crippen molar-refractivity contribution < 1.29 is 13.2 Å². The van der Waals surface area contributed by atoms with E-state index in [-0.39, 0.29) is 16.1 Å². The predicted octanol–water partition coefficient (Wildman–Crippen LogP) is 2.62. The summed E-state index contributed by atoms with van der Waals surface area (Å²) in [6.07, 6.45) is 2.44. The summed E-state index contributed by atoms with van der Waals surface area (Å²) in [6, 6.07) is 6.75. The van der Waals surface area contributed by atoms with Crippen LogP contribution in [0.5, 0.6) is 5.75 Å². The van der Waals surface area contributed by atoms with Gasteiger partial charge >= 0.3 is 0 Å². The molecule has 0 aliphatic carbocycles. The van der Waals surface area contributed by atoms with Crippen molar-refractivity contribution in [3.8, 4) is 5.75 Å². The van der Waals surface area contributed by atoms with Crippen LogP contribution in [0.1, 0.15) is 33.1 Å². The van der Waals surface area contributed by atoms with E-state index in [2.05, 4.69) is 13.8 Å². The van der Waals surface area contributed by atoms with E-state index < -0.39 is 9.84 Å². The Morgan fingerprint density at radius 3 is 2.45 bits per heavy atom. The minimum absolute atomic E-state index is 0.0776. The first kappa shape index (κ1) is 17.0. The van der Waals surface area contributed by atoms with Gasteiger partial charge in [-0.15, -0.1) is 0 Å². The molecule has 0 saturated heterocycles. The van der Waals surface area contributed by atoms with E-state index in [4.69, 9.17) is 10.5 Å². The van der Waals surface area contributed by atoms with Crippen molar-refractivity contribution in [1.29, 1.82) is 0 Å². The van der Waals surface area contributed by atoms with Crippen LogP contribution < -0.4 is 10.5 Å².